The lowest BCUT2D eigenvalue weighted by molar-refractivity contribution is 0.00578. The highest BCUT2D eigenvalue weighted by Gasteiger charge is 2.53. The van der Waals surface area contributed by atoms with E-state index < -0.39 is 66.7 Å². The Labute approximate surface area is 773 Å². The summed E-state index contributed by atoms with van der Waals surface area (Å²) in [7, 11) is 1.47. The zero-order valence-corrected chi connectivity index (χ0v) is 78.4. The van der Waals surface area contributed by atoms with Crippen LogP contribution in [0.4, 0.5) is 26.7 Å². The van der Waals surface area contributed by atoms with Crippen molar-refractivity contribution in [1.82, 2.24) is 44.4 Å². The van der Waals surface area contributed by atoms with Gasteiger partial charge in [0.2, 0.25) is 15.7 Å². The molecule has 4 radical (unpaired) electrons. The van der Waals surface area contributed by atoms with Gasteiger partial charge in [0, 0.05) is 105 Å². The number of benzene rings is 8. The number of carboxylic acids is 1. The van der Waals surface area contributed by atoms with E-state index in [4.69, 9.17) is 45.2 Å². The molecule has 2 aromatic heterocycles. The summed E-state index contributed by atoms with van der Waals surface area (Å²) in [4.78, 5) is 84.8. The van der Waals surface area contributed by atoms with Gasteiger partial charge in [0.05, 0.1) is 98.4 Å². The first-order valence-electron chi connectivity index (χ1n) is 43.4. The molecule has 17 rings (SSSR count). The maximum atomic E-state index is 12.9. The Morgan fingerprint density at radius 1 is 0.431 bits per heavy atom. The molecule has 7 N–H and O–H groups in total. The number of likely N-dealkylation sites (tertiary alicyclic amines) is 2. The van der Waals surface area contributed by atoms with Gasteiger partial charge in [-0.3, -0.25) is 33.9 Å². The second-order valence-electron chi connectivity index (χ2n) is 35.5. The van der Waals surface area contributed by atoms with Gasteiger partial charge in [-0.05, 0) is 216 Å². The van der Waals surface area contributed by atoms with Crippen molar-refractivity contribution in [3.63, 3.8) is 0 Å². The Hall–Kier alpha value is -10.4. The molecule has 8 aromatic carbocycles. The number of nitrogens with one attached hydrogen (secondary N) is 4. The van der Waals surface area contributed by atoms with Crippen molar-refractivity contribution in [2.45, 2.75) is 135 Å². The first kappa shape index (κ1) is 97.2. The minimum atomic E-state index is -2.90. The van der Waals surface area contributed by atoms with E-state index in [1.807, 2.05) is 213 Å². The topological polar surface area (TPSA) is 369 Å². The Morgan fingerprint density at radius 3 is 1.05 bits per heavy atom. The molecule has 28 nitrogen and oxygen atoms in total. The second kappa shape index (κ2) is 41.6. The van der Waals surface area contributed by atoms with Crippen LogP contribution in [0.2, 0.25) is 0 Å². The van der Waals surface area contributed by atoms with Crippen LogP contribution >= 0.6 is 15.9 Å². The van der Waals surface area contributed by atoms with E-state index in [2.05, 4.69) is 61.2 Å². The molecule has 2 atom stereocenters. The Morgan fingerprint density at radius 2 is 0.723 bits per heavy atom. The molecular formula is C94H109B4BrN12O16S3. The molecule has 36 heteroatoms. The largest absolute Gasteiger partial charge is 0.494 e. The summed E-state index contributed by atoms with van der Waals surface area (Å²) in [6, 6.07) is 60.3. The van der Waals surface area contributed by atoms with Gasteiger partial charge in [-0.15, -0.1) is 0 Å². The van der Waals surface area contributed by atoms with Gasteiger partial charge < -0.3 is 59.9 Å². The van der Waals surface area contributed by atoms with Crippen LogP contribution in [-0.2, 0) is 67.8 Å². The highest BCUT2D eigenvalue weighted by Crippen LogP contribution is 2.39. The van der Waals surface area contributed by atoms with Gasteiger partial charge in [-0.2, -0.15) is 0 Å². The number of sulfone groups is 3. The number of nitrogens with zero attached hydrogens (tertiary/aromatic N) is 7. The second-order valence-corrected chi connectivity index (χ2v) is 43.3. The Balaban J connectivity index is 0.000000146. The average molecular weight is 1880 g/mol. The third kappa shape index (κ3) is 25.7. The van der Waals surface area contributed by atoms with E-state index in [1.165, 1.54) is 5.56 Å². The summed E-state index contributed by atoms with van der Waals surface area (Å²) in [5, 5.41) is 14.7. The van der Waals surface area contributed by atoms with Gasteiger partial charge in [-0.1, -0.05) is 125 Å². The lowest BCUT2D eigenvalue weighted by Gasteiger charge is -2.32. The highest BCUT2D eigenvalue weighted by atomic mass is 79.9. The van der Waals surface area contributed by atoms with E-state index in [0.29, 0.717) is 87.9 Å². The van der Waals surface area contributed by atoms with Crippen LogP contribution in [0.3, 0.4) is 0 Å². The van der Waals surface area contributed by atoms with Crippen molar-refractivity contribution >= 4 is 133 Å². The molecule has 0 spiro atoms. The van der Waals surface area contributed by atoms with Crippen LogP contribution in [0.5, 0.6) is 0 Å². The van der Waals surface area contributed by atoms with Gasteiger partial charge in [-0.25, -0.2) is 40.0 Å². The molecule has 130 heavy (non-hydrogen) atoms. The molecule has 0 bridgehead atoms. The van der Waals surface area contributed by atoms with Crippen molar-refractivity contribution in [1.29, 1.82) is 0 Å². The fraction of sp³-hybridized carbons (Fsp3) is 0.372. The van der Waals surface area contributed by atoms with Crippen LogP contribution in [-0.4, -0.2) is 243 Å². The molecule has 4 amide bonds. The number of hydrogen-bond donors (Lipinski definition) is 6. The van der Waals surface area contributed by atoms with Gasteiger partial charge in [0.1, 0.15) is 11.6 Å². The smallest absolute Gasteiger partial charge is 0.478 e. The van der Waals surface area contributed by atoms with E-state index in [0.717, 1.165) is 110 Å². The van der Waals surface area contributed by atoms with Crippen LogP contribution < -0.4 is 27.3 Å². The molecule has 0 unspecified atom stereocenters. The maximum Gasteiger partial charge on any atom is 0.494 e. The number of amides is 4. The third-order valence-electron chi connectivity index (χ3n) is 25.0. The minimum Gasteiger partial charge on any atom is -0.478 e. The monoisotopic (exact) mass is 1880 g/mol. The van der Waals surface area contributed by atoms with Gasteiger partial charge in [0.25, 0.3) is 11.8 Å². The van der Waals surface area contributed by atoms with Crippen molar-refractivity contribution < 1.29 is 73.0 Å². The summed E-state index contributed by atoms with van der Waals surface area (Å²) in [6.45, 7) is 23.0. The number of aromatic nitrogens is 4. The number of nitrogen functional groups attached to an aromatic ring is 1. The molecule has 7 aliphatic rings. The number of hydrogen-bond acceptors (Lipinski definition) is 21. The summed E-state index contributed by atoms with van der Waals surface area (Å²) in [6.07, 6.45) is 7.19. The molecule has 0 aliphatic carbocycles. The maximum absolute atomic E-state index is 12.9. The van der Waals surface area contributed by atoms with Gasteiger partial charge >= 0.3 is 20.2 Å². The number of aromatic amines is 2. The lowest BCUT2D eigenvalue weighted by atomic mass is 9.79. The molecule has 7 saturated heterocycles. The molecular weight excluding hydrogens is 1770 g/mol. The summed E-state index contributed by atoms with van der Waals surface area (Å²) >= 11 is 3.42. The summed E-state index contributed by atoms with van der Waals surface area (Å²) in [5.74, 6) is 0.838. The van der Waals surface area contributed by atoms with Gasteiger partial charge in [0.15, 0.2) is 41.1 Å². The number of carbonyl (C=O) groups is 5. The number of halogens is 1. The number of imidazole rings is 2. The van der Waals surface area contributed by atoms with E-state index >= 15 is 0 Å². The van der Waals surface area contributed by atoms with Crippen LogP contribution in [0.25, 0.3) is 33.6 Å². The standard InChI is InChI=1S/C32H32BN5O4S.C24H31BN2O5S.C14H13BBrN3O.C13H17BO4.C11H16N2O2S/c33-32(40)38-15-1-2-29(38)30-34-20-28(36-30)25-9-5-23(6-10-25)24-7-11-26(12-8-24)31(39)35-27-13-3-22(4-14-27)21-37-16-18-43(41,42)19-17-37;1-23(2)24(3,4)32-25(31-23)20-9-7-19(8-10-20)22(28)26-21-11-5-18(6-12-21)17-27-13-15-33(29,30)16-14-27;15-14(20)19-7-1-2-12(19)13-17-8-11(18-13)9-3-5-10(16)6-4-9;1-12(2)13(3,4)18-14(17-12)10-7-5-9(6-8-10)11(15)16;12-11-3-1-10(2-4-11)9-13-5-7-16(14,15)8-6-13/h3-14,20,29H,1-2,15-19,21H2,(H,34,36)(H,35,39);5-12H,13-17H2,1-4H3,(H,26,28);3-6,8,12H,1-2,7H2,(H,17,18);5-8H,1-4H3,(H,15,16);1-4H,5-9,12H2/t29-;;12-;;/m0.0../s1. The predicted molar refractivity (Wildman–Crippen MR) is 514 cm³/mol. The molecule has 678 valence electrons. The molecule has 10 aromatic rings. The molecule has 9 heterocycles. The van der Waals surface area contributed by atoms with Crippen molar-refractivity contribution in [2.24, 2.45) is 0 Å². The van der Waals surface area contributed by atoms with E-state index in [-0.39, 0.29) is 81.0 Å². The SMILES string of the molecule is CC1(C)OB(c2ccc(C(=O)Nc3ccc(CN4CCS(=O)(=O)CC4)cc3)cc2)OC1(C)C.CC1(C)OB(c2ccc(C(=O)O)cc2)OC1(C)C.Nc1ccc(CN2CCS(=O)(=O)CC2)cc1.[B]C(=O)N1CCC[C@H]1c1ncc(-c2ccc(-c3ccc(C(=O)Nc4ccc(CN5CCS(=O)(=O)CC5)cc4)cc3)cc2)[nH]1.[B]C(=O)N1CCC[C@H]1c1ncc(-c2ccc(Br)cc2)[nH]1. The number of aromatic carboxylic acids is 1. The Kier molecular flexibility index (Phi) is 31.1. The predicted octanol–water partition coefficient (Wildman–Crippen LogP) is 12.6. The first-order valence-corrected chi connectivity index (χ1v) is 49.6. The fourth-order valence-electron chi connectivity index (χ4n) is 15.7. The Bertz CT molecular complexity index is 5910. The minimum absolute atomic E-state index is 0.0308. The zero-order valence-electron chi connectivity index (χ0n) is 74.3. The quantitative estimate of drug-likeness (QED) is 0.0343. The molecule has 0 saturated carbocycles. The molecule has 7 fully saturated rings. The lowest BCUT2D eigenvalue weighted by Crippen LogP contribution is -2.41. The van der Waals surface area contributed by atoms with Crippen molar-refractivity contribution in [3.8, 4) is 33.6 Å². The van der Waals surface area contributed by atoms with Crippen LogP contribution in [0, 0.1) is 0 Å². The van der Waals surface area contributed by atoms with Crippen LogP contribution in [0.1, 0.15) is 153 Å². The molecule has 7 aliphatic heterocycles. The average Bonchev–Trinajstić information content (AvgIpc) is 1.62. The van der Waals surface area contributed by atoms with E-state index in [1.54, 1.807) is 58.6 Å². The summed E-state index contributed by atoms with van der Waals surface area (Å²) < 4.78 is 93.9. The fourth-order valence-corrected chi connectivity index (χ4v) is 19.8. The summed E-state index contributed by atoms with van der Waals surface area (Å²) in [5.41, 5.74) is 18.5. The highest BCUT2D eigenvalue weighted by molar-refractivity contribution is 9.10. The number of anilines is 3. The number of rotatable bonds is 18. The van der Waals surface area contributed by atoms with E-state index in [9.17, 15) is 49.2 Å². The normalized spacial score (nSPS) is 19.9. The number of carboxylic acid groups (broad SMARTS) is 1. The number of nitrogens with two attached hydrogens (primary N) is 1. The third-order valence-corrected chi connectivity index (χ3v) is 30.4. The first-order chi connectivity index (χ1) is 61.6. The van der Waals surface area contributed by atoms with Crippen LogP contribution in [0.15, 0.2) is 211 Å². The van der Waals surface area contributed by atoms with Crippen molar-refractivity contribution in [3.05, 3.63) is 256 Å². The number of H-pyrrole nitrogens is 2. The van der Waals surface area contributed by atoms with Crippen molar-refractivity contribution in [2.75, 3.05) is 103 Å². The number of carbonyl (C=O) groups excluding carboxylic acids is 4. The zero-order chi connectivity index (χ0) is 93.1.